The summed E-state index contributed by atoms with van der Waals surface area (Å²) in [6.07, 6.45) is 1.50. The zero-order valence-electron chi connectivity index (χ0n) is 11.9. The third-order valence-corrected chi connectivity index (χ3v) is 5.25. The quantitative estimate of drug-likeness (QED) is 0.878. The fourth-order valence-electron chi connectivity index (χ4n) is 2.45. The van der Waals surface area contributed by atoms with Gasteiger partial charge in [-0.25, -0.2) is 13.1 Å². The predicted molar refractivity (Wildman–Crippen MR) is 77.8 cm³/mol. The Morgan fingerprint density at radius 2 is 2.20 bits per heavy atom. The molecule has 1 aromatic carbocycles. The molecule has 1 fully saturated rings. The van der Waals surface area contributed by atoms with Crippen molar-refractivity contribution in [3.63, 3.8) is 0 Å². The van der Waals surface area contributed by atoms with E-state index in [2.05, 4.69) is 4.72 Å². The van der Waals surface area contributed by atoms with Gasteiger partial charge in [0.2, 0.25) is 10.0 Å². The summed E-state index contributed by atoms with van der Waals surface area (Å²) in [5, 5.41) is 0. The van der Waals surface area contributed by atoms with Gasteiger partial charge in [0.15, 0.2) is 0 Å². The van der Waals surface area contributed by atoms with Crippen LogP contribution in [-0.2, 0) is 21.3 Å². The molecule has 1 aliphatic rings. The lowest BCUT2D eigenvalue weighted by molar-refractivity contribution is 0.0173. The Balaban J connectivity index is 2.21. The molecule has 6 heteroatoms. The summed E-state index contributed by atoms with van der Waals surface area (Å²) in [7, 11) is -3.51. The van der Waals surface area contributed by atoms with Gasteiger partial charge in [0.1, 0.15) is 0 Å². The molecule has 0 spiro atoms. The van der Waals surface area contributed by atoms with E-state index in [-0.39, 0.29) is 12.1 Å². The molecule has 1 aromatic rings. The fourth-order valence-corrected chi connectivity index (χ4v) is 4.03. The van der Waals surface area contributed by atoms with Crippen LogP contribution in [0.2, 0.25) is 0 Å². The second kappa shape index (κ2) is 6.22. The summed E-state index contributed by atoms with van der Waals surface area (Å²) < 4.78 is 33.2. The Labute approximate surface area is 120 Å². The first-order valence-corrected chi connectivity index (χ1v) is 8.34. The summed E-state index contributed by atoms with van der Waals surface area (Å²) in [4.78, 5) is 0.319. The van der Waals surface area contributed by atoms with Crippen LogP contribution in [0.1, 0.15) is 30.9 Å². The SMILES string of the molecule is Cc1ccc(CN)cc1S(=O)(=O)NC1CCOC(C)C1. The van der Waals surface area contributed by atoms with Crippen molar-refractivity contribution < 1.29 is 13.2 Å². The van der Waals surface area contributed by atoms with Crippen molar-refractivity contribution in [2.75, 3.05) is 6.61 Å². The molecular formula is C14H22N2O3S. The molecule has 1 heterocycles. The fraction of sp³-hybridized carbons (Fsp3) is 0.571. The average Bonchev–Trinajstić information content (AvgIpc) is 2.38. The third-order valence-electron chi connectivity index (χ3n) is 3.58. The van der Waals surface area contributed by atoms with Crippen LogP contribution in [-0.4, -0.2) is 27.2 Å². The Hall–Kier alpha value is -0.950. The molecule has 0 saturated carbocycles. The van der Waals surface area contributed by atoms with Crippen LogP contribution in [0.4, 0.5) is 0 Å². The minimum absolute atomic E-state index is 0.0651. The molecule has 0 aliphatic carbocycles. The summed E-state index contributed by atoms with van der Waals surface area (Å²) in [5.41, 5.74) is 7.13. The van der Waals surface area contributed by atoms with Crippen molar-refractivity contribution >= 4 is 10.0 Å². The topological polar surface area (TPSA) is 81.4 Å². The molecule has 112 valence electrons. The van der Waals surface area contributed by atoms with Gasteiger partial charge in [0.25, 0.3) is 0 Å². The van der Waals surface area contributed by atoms with E-state index in [0.717, 1.165) is 11.1 Å². The Kier molecular flexibility index (Phi) is 4.80. The van der Waals surface area contributed by atoms with E-state index in [1.54, 1.807) is 19.1 Å². The van der Waals surface area contributed by atoms with Gasteiger partial charge in [-0.2, -0.15) is 0 Å². The van der Waals surface area contributed by atoms with Crippen LogP contribution in [0.15, 0.2) is 23.1 Å². The lowest BCUT2D eigenvalue weighted by Crippen LogP contribution is -2.41. The van der Waals surface area contributed by atoms with Gasteiger partial charge in [-0.15, -0.1) is 0 Å². The van der Waals surface area contributed by atoms with E-state index >= 15 is 0 Å². The average molecular weight is 298 g/mol. The summed E-state index contributed by atoms with van der Waals surface area (Å²) >= 11 is 0. The predicted octanol–water partition coefficient (Wildman–Crippen LogP) is 1.30. The number of aryl methyl sites for hydroxylation is 1. The van der Waals surface area contributed by atoms with Crippen LogP contribution in [0.5, 0.6) is 0 Å². The molecule has 0 radical (unpaired) electrons. The van der Waals surface area contributed by atoms with E-state index in [0.29, 0.717) is 30.9 Å². The van der Waals surface area contributed by atoms with Crippen molar-refractivity contribution in [3.8, 4) is 0 Å². The number of ether oxygens (including phenoxy) is 1. The maximum Gasteiger partial charge on any atom is 0.241 e. The molecule has 3 N–H and O–H groups in total. The lowest BCUT2D eigenvalue weighted by atomic mass is 10.1. The Morgan fingerprint density at radius 1 is 1.45 bits per heavy atom. The summed E-state index contributed by atoms with van der Waals surface area (Å²) in [6.45, 7) is 4.68. The Morgan fingerprint density at radius 3 is 2.85 bits per heavy atom. The van der Waals surface area contributed by atoms with Gasteiger partial charge >= 0.3 is 0 Å². The number of sulfonamides is 1. The van der Waals surface area contributed by atoms with Gasteiger partial charge in [-0.3, -0.25) is 0 Å². The van der Waals surface area contributed by atoms with Crippen molar-refractivity contribution in [1.82, 2.24) is 4.72 Å². The maximum absolute atomic E-state index is 12.5. The maximum atomic E-state index is 12.5. The number of hydrogen-bond donors (Lipinski definition) is 2. The molecule has 0 amide bonds. The van der Waals surface area contributed by atoms with E-state index in [1.807, 2.05) is 13.0 Å². The highest BCUT2D eigenvalue weighted by Gasteiger charge is 2.26. The highest BCUT2D eigenvalue weighted by molar-refractivity contribution is 7.89. The zero-order valence-corrected chi connectivity index (χ0v) is 12.7. The lowest BCUT2D eigenvalue weighted by Gasteiger charge is -2.28. The van der Waals surface area contributed by atoms with Gasteiger partial charge in [-0.1, -0.05) is 12.1 Å². The van der Waals surface area contributed by atoms with Crippen molar-refractivity contribution in [2.24, 2.45) is 5.73 Å². The number of nitrogens with one attached hydrogen (secondary N) is 1. The first-order chi connectivity index (χ1) is 9.42. The number of nitrogens with two attached hydrogens (primary N) is 1. The second-order valence-electron chi connectivity index (χ2n) is 5.33. The van der Waals surface area contributed by atoms with Gasteiger partial charge < -0.3 is 10.5 Å². The summed E-state index contributed by atoms with van der Waals surface area (Å²) in [5.74, 6) is 0. The second-order valence-corrected chi connectivity index (χ2v) is 7.01. The molecule has 20 heavy (non-hydrogen) atoms. The smallest absolute Gasteiger partial charge is 0.241 e. The number of rotatable bonds is 4. The molecule has 1 aliphatic heterocycles. The molecule has 0 bridgehead atoms. The van der Waals surface area contributed by atoms with Gasteiger partial charge in [0, 0.05) is 19.2 Å². The van der Waals surface area contributed by atoms with Gasteiger partial charge in [0.05, 0.1) is 11.0 Å². The normalized spacial score (nSPS) is 23.8. The minimum Gasteiger partial charge on any atom is -0.378 e. The first-order valence-electron chi connectivity index (χ1n) is 6.86. The van der Waals surface area contributed by atoms with Crippen LogP contribution in [0.3, 0.4) is 0 Å². The zero-order chi connectivity index (χ0) is 14.8. The molecule has 0 aromatic heterocycles. The van der Waals surface area contributed by atoms with Crippen molar-refractivity contribution in [2.45, 2.75) is 50.3 Å². The molecule has 2 unspecified atom stereocenters. The number of benzene rings is 1. The van der Waals surface area contributed by atoms with E-state index in [4.69, 9.17) is 10.5 Å². The standard InChI is InChI=1S/C14H22N2O3S/c1-10-3-4-12(9-15)8-14(10)20(17,18)16-13-5-6-19-11(2)7-13/h3-4,8,11,13,16H,5-7,9,15H2,1-2H3. The molecule has 2 rings (SSSR count). The van der Waals surface area contributed by atoms with E-state index in [1.165, 1.54) is 0 Å². The largest absolute Gasteiger partial charge is 0.378 e. The van der Waals surface area contributed by atoms with Crippen molar-refractivity contribution in [1.29, 1.82) is 0 Å². The minimum atomic E-state index is -3.51. The molecule has 1 saturated heterocycles. The third kappa shape index (κ3) is 3.58. The summed E-state index contributed by atoms with van der Waals surface area (Å²) in [6, 6.07) is 5.24. The highest BCUT2D eigenvalue weighted by atomic mass is 32.2. The van der Waals surface area contributed by atoms with Gasteiger partial charge in [-0.05, 0) is 43.9 Å². The van der Waals surface area contributed by atoms with Crippen molar-refractivity contribution in [3.05, 3.63) is 29.3 Å². The van der Waals surface area contributed by atoms with Crippen LogP contribution >= 0.6 is 0 Å². The number of hydrogen-bond acceptors (Lipinski definition) is 4. The molecular weight excluding hydrogens is 276 g/mol. The highest BCUT2D eigenvalue weighted by Crippen LogP contribution is 2.20. The monoisotopic (exact) mass is 298 g/mol. The first kappa shape index (κ1) is 15.4. The van der Waals surface area contributed by atoms with Crippen LogP contribution < -0.4 is 10.5 Å². The van der Waals surface area contributed by atoms with E-state index in [9.17, 15) is 8.42 Å². The van der Waals surface area contributed by atoms with Crippen LogP contribution in [0.25, 0.3) is 0 Å². The van der Waals surface area contributed by atoms with E-state index < -0.39 is 10.0 Å². The molecule has 2 atom stereocenters. The van der Waals surface area contributed by atoms with Crippen LogP contribution in [0, 0.1) is 6.92 Å². The Bertz CT molecular complexity index is 572. The molecule has 5 nitrogen and oxygen atoms in total.